The van der Waals surface area contributed by atoms with E-state index in [0.29, 0.717) is 10.8 Å². The number of ether oxygens (including phenoxy) is 1. The van der Waals surface area contributed by atoms with Gasteiger partial charge in [-0.1, -0.05) is 27.7 Å². The summed E-state index contributed by atoms with van der Waals surface area (Å²) in [5, 5.41) is 0. The first kappa shape index (κ1) is 13.9. The Morgan fingerprint density at radius 2 is 1.53 bits per heavy atom. The summed E-state index contributed by atoms with van der Waals surface area (Å²) < 4.78 is 5.43. The minimum Gasteiger partial charge on any atom is -0.380 e. The van der Waals surface area contributed by atoms with E-state index in [0.717, 1.165) is 36.9 Å². The Hall–Kier alpha value is -0.0400. The molecule has 1 aliphatic heterocycles. The molecule has 1 saturated heterocycles. The zero-order valence-electron chi connectivity index (χ0n) is 13.4. The molecule has 2 aliphatic carbocycles. The Bertz CT molecular complexity index is 311. The summed E-state index contributed by atoms with van der Waals surface area (Å²) >= 11 is 0. The molecular formula is C18H32O. The quantitative estimate of drug-likeness (QED) is 0.704. The van der Waals surface area contributed by atoms with E-state index < -0.39 is 0 Å². The second-order valence-corrected chi connectivity index (χ2v) is 8.78. The van der Waals surface area contributed by atoms with Crippen molar-refractivity contribution in [2.45, 2.75) is 66.2 Å². The number of hydrogen-bond acceptors (Lipinski definition) is 1. The van der Waals surface area contributed by atoms with Crippen LogP contribution in [0, 0.1) is 34.5 Å². The minimum absolute atomic E-state index is 0.572. The van der Waals surface area contributed by atoms with Crippen LogP contribution in [-0.2, 0) is 4.74 Å². The largest absolute Gasteiger partial charge is 0.380 e. The van der Waals surface area contributed by atoms with Crippen LogP contribution >= 0.6 is 0 Å². The first-order valence-electron chi connectivity index (χ1n) is 8.51. The van der Waals surface area contributed by atoms with Crippen molar-refractivity contribution < 1.29 is 4.74 Å². The summed E-state index contributed by atoms with van der Waals surface area (Å²) in [5.41, 5.74) is 1.21. The molecular weight excluding hydrogens is 232 g/mol. The van der Waals surface area contributed by atoms with Crippen LogP contribution < -0.4 is 0 Å². The Balaban J connectivity index is 1.54. The number of hydrogen-bond donors (Lipinski definition) is 0. The van der Waals surface area contributed by atoms with Crippen molar-refractivity contribution >= 4 is 0 Å². The average Bonchev–Trinajstić information content (AvgIpc) is 2.25. The highest BCUT2D eigenvalue weighted by Gasteiger charge is 2.55. The molecule has 0 atom stereocenters. The molecule has 3 aliphatic rings. The van der Waals surface area contributed by atoms with Crippen LogP contribution in [0.5, 0.6) is 0 Å². The van der Waals surface area contributed by atoms with Crippen molar-refractivity contribution in [3.8, 4) is 0 Å². The first-order chi connectivity index (χ1) is 8.93. The van der Waals surface area contributed by atoms with Gasteiger partial charge in [-0.3, -0.25) is 0 Å². The normalized spacial score (nSPS) is 35.2. The predicted octanol–water partition coefficient (Wildman–Crippen LogP) is 4.90. The molecule has 0 aromatic rings. The van der Waals surface area contributed by atoms with E-state index in [4.69, 9.17) is 4.74 Å². The summed E-state index contributed by atoms with van der Waals surface area (Å²) in [7, 11) is 0. The molecule has 19 heavy (non-hydrogen) atoms. The van der Waals surface area contributed by atoms with Crippen LogP contribution in [-0.4, -0.2) is 13.2 Å². The molecule has 0 radical (unpaired) electrons. The van der Waals surface area contributed by atoms with E-state index in [1.807, 2.05) is 0 Å². The third kappa shape index (κ3) is 2.37. The van der Waals surface area contributed by atoms with Gasteiger partial charge in [0, 0.05) is 5.41 Å². The zero-order valence-corrected chi connectivity index (χ0v) is 13.4. The van der Waals surface area contributed by atoms with Crippen LogP contribution in [0.2, 0.25) is 0 Å². The van der Waals surface area contributed by atoms with Crippen LogP contribution in [0.3, 0.4) is 0 Å². The van der Waals surface area contributed by atoms with Crippen LogP contribution in [0.4, 0.5) is 0 Å². The molecule has 0 bridgehead atoms. The van der Waals surface area contributed by atoms with Crippen molar-refractivity contribution in [2.24, 2.45) is 34.5 Å². The molecule has 3 fully saturated rings. The highest BCUT2D eigenvalue weighted by molar-refractivity contribution is 5.04. The maximum atomic E-state index is 5.43. The second-order valence-electron chi connectivity index (χ2n) is 8.78. The van der Waals surface area contributed by atoms with E-state index in [1.165, 1.54) is 38.5 Å². The summed E-state index contributed by atoms with van der Waals surface area (Å²) in [5.74, 6) is 3.84. The zero-order chi connectivity index (χ0) is 13.7. The second kappa shape index (κ2) is 4.76. The fourth-order valence-corrected chi connectivity index (χ4v) is 5.00. The first-order valence-corrected chi connectivity index (χ1v) is 8.51. The summed E-state index contributed by atoms with van der Waals surface area (Å²) in [4.78, 5) is 0. The van der Waals surface area contributed by atoms with E-state index in [9.17, 15) is 0 Å². The summed E-state index contributed by atoms with van der Waals surface area (Å²) in [6.07, 6.45) is 8.82. The molecule has 1 heteroatoms. The molecule has 0 aromatic heterocycles. The van der Waals surface area contributed by atoms with Gasteiger partial charge in [-0.2, -0.15) is 0 Å². The lowest BCUT2D eigenvalue weighted by atomic mass is 9.49. The third-order valence-electron chi connectivity index (χ3n) is 6.99. The SMILES string of the molecule is CC(C)C1CCC(C(C)(C)C2CC3(COC3)C2)CC1. The van der Waals surface area contributed by atoms with Gasteiger partial charge in [-0.05, 0) is 67.6 Å². The van der Waals surface area contributed by atoms with Gasteiger partial charge in [-0.15, -0.1) is 0 Å². The van der Waals surface area contributed by atoms with Crippen molar-refractivity contribution in [2.75, 3.05) is 13.2 Å². The lowest BCUT2D eigenvalue weighted by Crippen LogP contribution is -2.56. The molecule has 0 aromatic carbocycles. The van der Waals surface area contributed by atoms with Crippen LogP contribution in [0.1, 0.15) is 66.2 Å². The lowest BCUT2D eigenvalue weighted by molar-refractivity contribution is -0.204. The monoisotopic (exact) mass is 264 g/mol. The summed E-state index contributed by atoms with van der Waals surface area (Å²) in [6, 6.07) is 0. The molecule has 1 heterocycles. The highest BCUT2D eigenvalue weighted by Crippen LogP contribution is 2.60. The molecule has 0 amide bonds. The van der Waals surface area contributed by atoms with Crippen molar-refractivity contribution in [1.29, 1.82) is 0 Å². The van der Waals surface area contributed by atoms with E-state index in [-0.39, 0.29) is 0 Å². The van der Waals surface area contributed by atoms with Gasteiger partial charge in [0.15, 0.2) is 0 Å². The maximum Gasteiger partial charge on any atom is 0.0545 e. The van der Waals surface area contributed by atoms with Crippen molar-refractivity contribution in [1.82, 2.24) is 0 Å². The standard InChI is InChI=1S/C18H32O/c1-13(2)14-5-7-15(8-6-14)17(3,4)16-9-18(10-16)11-19-12-18/h13-16H,5-12H2,1-4H3. The van der Waals surface area contributed by atoms with Crippen LogP contribution in [0.15, 0.2) is 0 Å². The van der Waals surface area contributed by atoms with E-state index in [2.05, 4.69) is 27.7 Å². The molecule has 1 nitrogen and oxygen atoms in total. The third-order valence-corrected chi connectivity index (χ3v) is 6.99. The van der Waals surface area contributed by atoms with E-state index >= 15 is 0 Å². The average molecular weight is 264 g/mol. The number of rotatable bonds is 3. The van der Waals surface area contributed by atoms with Crippen molar-refractivity contribution in [3.63, 3.8) is 0 Å². The molecule has 110 valence electrons. The smallest absolute Gasteiger partial charge is 0.0545 e. The Kier molecular flexibility index (Phi) is 3.48. The topological polar surface area (TPSA) is 9.23 Å². The van der Waals surface area contributed by atoms with E-state index in [1.54, 1.807) is 0 Å². The Morgan fingerprint density at radius 3 is 1.95 bits per heavy atom. The lowest BCUT2D eigenvalue weighted by Gasteiger charge is -2.60. The van der Waals surface area contributed by atoms with Crippen LogP contribution in [0.25, 0.3) is 0 Å². The predicted molar refractivity (Wildman–Crippen MR) is 80.0 cm³/mol. The van der Waals surface area contributed by atoms with Gasteiger partial charge >= 0.3 is 0 Å². The molecule has 1 spiro atoms. The van der Waals surface area contributed by atoms with Gasteiger partial charge in [0.2, 0.25) is 0 Å². The highest BCUT2D eigenvalue weighted by atomic mass is 16.5. The fourth-order valence-electron chi connectivity index (χ4n) is 5.00. The van der Waals surface area contributed by atoms with Gasteiger partial charge in [0.1, 0.15) is 0 Å². The molecule has 0 unspecified atom stereocenters. The van der Waals surface area contributed by atoms with Gasteiger partial charge in [0.25, 0.3) is 0 Å². The Morgan fingerprint density at radius 1 is 0.947 bits per heavy atom. The van der Waals surface area contributed by atoms with Gasteiger partial charge in [-0.25, -0.2) is 0 Å². The maximum absolute atomic E-state index is 5.43. The fraction of sp³-hybridized carbons (Fsp3) is 1.00. The van der Waals surface area contributed by atoms with Gasteiger partial charge < -0.3 is 4.74 Å². The van der Waals surface area contributed by atoms with Gasteiger partial charge in [0.05, 0.1) is 13.2 Å². The minimum atomic E-state index is 0.572. The molecule has 0 N–H and O–H groups in total. The summed E-state index contributed by atoms with van der Waals surface area (Å²) in [6.45, 7) is 12.0. The molecule has 3 rings (SSSR count). The van der Waals surface area contributed by atoms with Crippen molar-refractivity contribution in [3.05, 3.63) is 0 Å². The molecule has 2 saturated carbocycles. The Labute approximate surface area is 119 Å².